The second kappa shape index (κ2) is 7.10. The molecule has 0 spiro atoms. The van der Waals surface area contributed by atoms with Gasteiger partial charge in [0.15, 0.2) is 0 Å². The van der Waals surface area contributed by atoms with Crippen LogP contribution in [-0.2, 0) is 0 Å². The van der Waals surface area contributed by atoms with Gasteiger partial charge in [0, 0.05) is 10.5 Å². The molecule has 0 aliphatic carbocycles. The van der Waals surface area contributed by atoms with Crippen LogP contribution in [0.15, 0.2) is 53.4 Å². The van der Waals surface area contributed by atoms with E-state index in [4.69, 9.17) is 4.98 Å². The van der Waals surface area contributed by atoms with E-state index in [0.29, 0.717) is 0 Å². The van der Waals surface area contributed by atoms with Gasteiger partial charge in [-0.25, -0.2) is 4.98 Å². The van der Waals surface area contributed by atoms with Crippen molar-refractivity contribution in [1.29, 1.82) is 0 Å². The molecule has 0 saturated heterocycles. The quantitative estimate of drug-likeness (QED) is 0.394. The summed E-state index contributed by atoms with van der Waals surface area (Å²) >= 11 is 3.73. The molecule has 3 heteroatoms. The number of para-hydroxylation sites is 1. The van der Waals surface area contributed by atoms with Crippen LogP contribution < -0.4 is 0 Å². The topological polar surface area (TPSA) is 12.9 Å². The van der Waals surface area contributed by atoms with Gasteiger partial charge >= 0.3 is 0 Å². The maximum atomic E-state index is 4.88. The number of thiazole rings is 1. The van der Waals surface area contributed by atoms with Gasteiger partial charge in [-0.15, -0.1) is 23.1 Å². The van der Waals surface area contributed by atoms with E-state index in [1.165, 1.54) is 45.7 Å². The van der Waals surface area contributed by atoms with Crippen molar-refractivity contribution in [3.05, 3.63) is 48.5 Å². The largest absolute Gasteiger partial charge is 0.235 e. The molecular formula is C18H19NS2. The number of hydrogen-bond acceptors (Lipinski definition) is 3. The van der Waals surface area contributed by atoms with Crippen molar-refractivity contribution in [1.82, 2.24) is 4.98 Å². The molecule has 1 nitrogen and oxygen atoms in total. The number of rotatable bonds is 6. The smallest absolute Gasteiger partial charge is 0.124 e. The summed E-state index contributed by atoms with van der Waals surface area (Å²) in [6.45, 7) is 2.25. The normalized spacial score (nSPS) is 11.1. The molecule has 0 N–H and O–H groups in total. The van der Waals surface area contributed by atoms with Gasteiger partial charge in [-0.05, 0) is 24.3 Å². The van der Waals surface area contributed by atoms with E-state index in [0.717, 1.165) is 5.01 Å². The Hall–Kier alpha value is -1.32. The molecular weight excluding hydrogens is 294 g/mol. The zero-order valence-electron chi connectivity index (χ0n) is 12.2. The molecule has 1 heterocycles. The van der Waals surface area contributed by atoms with E-state index in [2.05, 4.69) is 49.4 Å². The van der Waals surface area contributed by atoms with Gasteiger partial charge in [0.25, 0.3) is 0 Å². The fourth-order valence-corrected chi connectivity index (χ4v) is 4.38. The molecule has 108 valence electrons. The summed E-state index contributed by atoms with van der Waals surface area (Å²) in [5.41, 5.74) is 2.38. The Balaban J connectivity index is 1.87. The van der Waals surface area contributed by atoms with Crippen LogP contribution in [0.4, 0.5) is 0 Å². The summed E-state index contributed by atoms with van der Waals surface area (Å²) in [5, 5.41) is 1.12. The van der Waals surface area contributed by atoms with Crippen molar-refractivity contribution >= 4 is 33.3 Å². The molecule has 3 rings (SSSR count). The van der Waals surface area contributed by atoms with Crippen molar-refractivity contribution in [2.75, 3.05) is 5.75 Å². The average Bonchev–Trinajstić information content (AvgIpc) is 2.97. The Morgan fingerprint density at radius 2 is 1.86 bits per heavy atom. The van der Waals surface area contributed by atoms with Gasteiger partial charge in [0.1, 0.15) is 5.01 Å². The average molecular weight is 313 g/mol. The molecule has 3 aromatic rings. The molecule has 0 unspecified atom stereocenters. The van der Waals surface area contributed by atoms with Gasteiger partial charge in [-0.2, -0.15) is 0 Å². The SMILES string of the molecule is CCCCCSc1cccc2sc(-c3ccccc3)nc12. The summed E-state index contributed by atoms with van der Waals surface area (Å²) in [5.74, 6) is 1.19. The van der Waals surface area contributed by atoms with E-state index in [1.807, 2.05) is 17.8 Å². The highest BCUT2D eigenvalue weighted by molar-refractivity contribution is 7.99. The summed E-state index contributed by atoms with van der Waals surface area (Å²) in [6.07, 6.45) is 3.88. The van der Waals surface area contributed by atoms with E-state index in [9.17, 15) is 0 Å². The number of fused-ring (bicyclic) bond motifs is 1. The molecule has 2 aromatic carbocycles. The Bertz CT molecular complexity index is 704. The van der Waals surface area contributed by atoms with Crippen LogP contribution in [0.3, 0.4) is 0 Å². The second-order valence-corrected chi connectivity index (χ2v) is 7.21. The third-order valence-electron chi connectivity index (χ3n) is 3.41. The molecule has 0 amide bonds. The second-order valence-electron chi connectivity index (χ2n) is 5.04. The van der Waals surface area contributed by atoms with Gasteiger partial charge in [0.05, 0.1) is 10.2 Å². The molecule has 1 aromatic heterocycles. The fraction of sp³-hybridized carbons (Fsp3) is 0.278. The van der Waals surface area contributed by atoms with E-state index < -0.39 is 0 Å². The molecule has 0 radical (unpaired) electrons. The molecule has 21 heavy (non-hydrogen) atoms. The molecule has 0 atom stereocenters. The predicted octanol–water partition coefficient (Wildman–Crippen LogP) is 6.25. The van der Waals surface area contributed by atoms with Crippen LogP contribution in [-0.4, -0.2) is 10.7 Å². The lowest BCUT2D eigenvalue weighted by Crippen LogP contribution is -1.82. The van der Waals surface area contributed by atoms with Crippen LogP contribution in [0.5, 0.6) is 0 Å². The zero-order valence-corrected chi connectivity index (χ0v) is 13.8. The van der Waals surface area contributed by atoms with E-state index in [1.54, 1.807) is 11.3 Å². The molecule has 0 aliphatic heterocycles. The van der Waals surface area contributed by atoms with E-state index in [-0.39, 0.29) is 0 Å². The highest BCUT2D eigenvalue weighted by Crippen LogP contribution is 2.35. The van der Waals surface area contributed by atoms with Crippen molar-refractivity contribution in [3.8, 4) is 10.6 Å². The maximum absolute atomic E-state index is 4.88. The Kier molecular flexibility index (Phi) is 4.94. The summed E-state index contributed by atoms with van der Waals surface area (Å²) in [7, 11) is 0. The Labute approximate surface area is 134 Å². The first-order valence-electron chi connectivity index (χ1n) is 7.46. The van der Waals surface area contributed by atoms with E-state index >= 15 is 0 Å². The lowest BCUT2D eigenvalue weighted by Gasteiger charge is -2.01. The van der Waals surface area contributed by atoms with Crippen molar-refractivity contribution < 1.29 is 0 Å². The first kappa shape index (κ1) is 14.6. The third-order valence-corrected chi connectivity index (χ3v) is 5.61. The van der Waals surface area contributed by atoms with Crippen LogP contribution in [0.2, 0.25) is 0 Å². The summed E-state index contributed by atoms with van der Waals surface area (Å²) in [4.78, 5) is 6.20. The maximum Gasteiger partial charge on any atom is 0.124 e. The van der Waals surface area contributed by atoms with Crippen molar-refractivity contribution in [3.63, 3.8) is 0 Å². The van der Waals surface area contributed by atoms with Gasteiger partial charge in [-0.1, -0.05) is 56.2 Å². The summed E-state index contributed by atoms with van der Waals surface area (Å²) in [6, 6.07) is 17.0. The van der Waals surface area contributed by atoms with Crippen LogP contribution in [0.1, 0.15) is 26.2 Å². The Morgan fingerprint density at radius 1 is 1.00 bits per heavy atom. The number of unbranched alkanes of at least 4 members (excludes halogenated alkanes) is 2. The fourth-order valence-electron chi connectivity index (χ4n) is 2.28. The highest BCUT2D eigenvalue weighted by atomic mass is 32.2. The van der Waals surface area contributed by atoms with Crippen LogP contribution in [0.25, 0.3) is 20.8 Å². The predicted molar refractivity (Wildman–Crippen MR) is 95.3 cm³/mol. The third kappa shape index (κ3) is 3.47. The van der Waals surface area contributed by atoms with Gasteiger partial charge < -0.3 is 0 Å². The first-order chi connectivity index (χ1) is 10.4. The molecule has 0 bridgehead atoms. The minimum Gasteiger partial charge on any atom is -0.235 e. The Morgan fingerprint density at radius 3 is 2.67 bits per heavy atom. The van der Waals surface area contributed by atoms with Gasteiger partial charge in [-0.3, -0.25) is 0 Å². The molecule has 0 saturated carbocycles. The number of benzene rings is 2. The van der Waals surface area contributed by atoms with Crippen LogP contribution >= 0.6 is 23.1 Å². The highest BCUT2D eigenvalue weighted by Gasteiger charge is 2.09. The monoisotopic (exact) mass is 313 g/mol. The zero-order chi connectivity index (χ0) is 14.5. The van der Waals surface area contributed by atoms with Gasteiger partial charge in [0.2, 0.25) is 0 Å². The molecule has 0 aliphatic rings. The lowest BCUT2D eigenvalue weighted by molar-refractivity contribution is 0.778. The number of nitrogens with zero attached hydrogens (tertiary/aromatic N) is 1. The minimum atomic E-state index is 1.12. The number of thioether (sulfide) groups is 1. The minimum absolute atomic E-state index is 1.12. The van der Waals surface area contributed by atoms with Crippen LogP contribution in [0, 0.1) is 0 Å². The lowest BCUT2D eigenvalue weighted by atomic mass is 10.2. The number of aromatic nitrogens is 1. The number of hydrogen-bond donors (Lipinski definition) is 0. The standard InChI is InChI=1S/C18H19NS2/c1-2-3-7-13-20-15-11-8-12-16-17(15)19-18(21-16)14-9-5-4-6-10-14/h4-6,8-12H,2-3,7,13H2,1H3. The summed E-state index contributed by atoms with van der Waals surface area (Å²) < 4.78 is 1.29. The van der Waals surface area contributed by atoms with Crippen molar-refractivity contribution in [2.24, 2.45) is 0 Å². The van der Waals surface area contributed by atoms with Crippen molar-refractivity contribution in [2.45, 2.75) is 31.1 Å². The first-order valence-corrected chi connectivity index (χ1v) is 9.26. The molecule has 0 fully saturated rings.